The van der Waals surface area contributed by atoms with Crippen LogP contribution in [-0.2, 0) is 22.4 Å². The first-order valence-corrected chi connectivity index (χ1v) is 27.0. The number of piperidine rings is 1. The Morgan fingerprint density at radius 2 is 1.66 bits per heavy atom. The van der Waals surface area contributed by atoms with E-state index in [4.69, 9.17) is 15.5 Å². The molecule has 1 saturated carbocycles. The quantitative estimate of drug-likeness (QED) is 0.0457. The molecule has 0 spiro atoms. The highest BCUT2D eigenvalue weighted by Gasteiger charge is 2.46. The number of azo groups is 1. The number of hydrogen-bond donors (Lipinski definition) is 5. The minimum atomic E-state index is -0.395. The summed E-state index contributed by atoms with van der Waals surface area (Å²) in [4.78, 5) is 70.7. The molecule has 0 radical (unpaired) electrons. The van der Waals surface area contributed by atoms with Gasteiger partial charge in [-0.2, -0.15) is 4.68 Å². The summed E-state index contributed by atoms with van der Waals surface area (Å²) in [5, 5.41) is 26.2. The fourth-order valence-corrected chi connectivity index (χ4v) is 12.6. The first-order valence-electron chi connectivity index (χ1n) is 24.4. The van der Waals surface area contributed by atoms with Gasteiger partial charge in [0, 0.05) is 88.6 Å². The highest BCUT2D eigenvalue weighted by molar-refractivity contribution is 7.21. The van der Waals surface area contributed by atoms with Crippen LogP contribution >= 0.6 is 34.0 Å². The van der Waals surface area contributed by atoms with Crippen molar-refractivity contribution in [3.63, 3.8) is 0 Å². The van der Waals surface area contributed by atoms with Crippen LogP contribution in [0.3, 0.4) is 0 Å². The number of carbonyl (C=O) groups is 3. The Morgan fingerprint density at radius 1 is 0.863 bits per heavy atom. The van der Waals surface area contributed by atoms with Gasteiger partial charge in [-0.15, -0.1) is 44.2 Å². The van der Waals surface area contributed by atoms with Gasteiger partial charge in [0.2, 0.25) is 16.2 Å². The monoisotopic (exact) mass is 1030 g/mol. The van der Waals surface area contributed by atoms with Crippen LogP contribution in [0.25, 0.3) is 37.9 Å². The zero-order chi connectivity index (χ0) is 50.0. The van der Waals surface area contributed by atoms with Crippen molar-refractivity contribution in [3.05, 3.63) is 140 Å². The van der Waals surface area contributed by atoms with Crippen molar-refractivity contribution < 1.29 is 19.1 Å². The van der Waals surface area contributed by atoms with Gasteiger partial charge >= 0.3 is 5.56 Å². The predicted molar refractivity (Wildman–Crippen MR) is 286 cm³/mol. The van der Waals surface area contributed by atoms with E-state index in [9.17, 15) is 19.2 Å². The molecule has 8 aromatic rings. The van der Waals surface area contributed by atoms with Crippen LogP contribution in [0.4, 0.5) is 22.2 Å². The number of thiazole rings is 2. The van der Waals surface area contributed by atoms with Gasteiger partial charge in [-0.25, -0.2) is 15.0 Å². The fourth-order valence-electron chi connectivity index (χ4n) is 10.3. The number of nitrogens with one attached hydrogen (secondary N) is 4. The van der Waals surface area contributed by atoms with E-state index in [1.807, 2.05) is 66.9 Å². The summed E-state index contributed by atoms with van der Waals surface area (Å²) in [6, 6.07) is 27.2. The SMILES string of the molecule is Cc1ccc2c(N)c(C(=O)N[C@H]3CCc4cc(N5C[C@H]6CC[C@@H](C5)C6C(=O)NCCOCCNC(=O)c5ccc(-c6csc(-n7[nH]c(-c8ccccc8)c(N=Nc8nccs8)c7=O)n6)cc5)ccc4C3)sc2n1. The lowest BCUT2D eigenvalue weighted by molar-refractivity contribution is -0.128. The zero-order valence-corrected chi connectivity index (χ0v) is 42.3. The highest BCUT2D eigenvalue weighted by atomic mass is 32.1. The van der Waals surface area contributed by atoms with E-state index >= 15 is 0 Å². The molecular weight excluding hydrogens is 981 g/mol. The molecule has 5 aromatic heterocycles. The number of thiophene rings is 1. The molecule has 3 aromatic carbocycles. The zero-order valence-electron chi connectivity index (χ0n) is 39.9. The van der Waals surface area contributed by atoms with Crippen molar-refractivity contribution in [2.45, 2.75) is 45.1 Å². The summed E-state index contributed by atoms with van der Waals surface area (Å²) in [7, 11) is 0. The molecule has 11 rings (SSSR count). The van der Waals surface area contributed by atoms with Crippen molar-refractivity contribution in [2.75, 3.05) is 50.0 Å². The first-order chi connectivity index (χ1) is 35.6. The molecule has 6 N–H and O–H groups in total. The summed E-state index contributed by atoms with van der Waals surface area (Å²) in [6.07, 6.45) is 6.21. The Balaban J connectivity index is 0.608. The van der Waals surface area contributed by atoms with Crippen molar-refractivity contribution in [1.82, 2.24) is 40.7 Å². The van der Waals surface area contributed by atoms with Crippen LogP contribution in [0, 0.1) is 24.7 Å². The number of pyridine rings is 1. The Bertz CT molecular complexity index is 3390. The third kappa shape index (κ3) is 10.2. The van der Waals surface area contributed by atoms with Crippen LogP contribution < -0.4 is 32.1 Å². The lowest BCUT2D eigenvalue weighted by Gasteiger charge is -2.39. The molecule has 17 nitrogen and oxygen atoms in total. The maximum absolute atomic E-state index is 13.6. The molecule has 2 aliphatic carbocycles. The second-order valence-electron chi connectivity index (χ2n) is 18.7. The van der Waals surface area contributed by atoms with E-state index in [2.05, 4.69) is 64.3 Å². The number of ether oxygens (including phenoxy) is 1. The summed E-state index contributed by atoms with van der Waals surface area (Å²) in [6.45, 7) is 4.99. The highest BCUT2D eigenvalue weighted by Crippen LogP contribution is 2.44. The summed E-state index contributed by atoms with van der Waals surface area (Å²) >= 11 is 3.97. The largest absolute Gasteiger partial charge is 0.397 e. The van der Waals surface area contributed by atoms with Crippen LogP contribution in [-0.4, -0.2) is 87.9 Å². The number of H-pyrrole nitrogens is 1. The Labute approximate surface area is 432 Å². The number of anilines is 2. The molecule has 372 valence electrons. The smallest absolute Gasteiger partial charge is 0.301 e. The second kappa shape index (κ2) is 21.0. The number of amides is 3. The summed E-state index contributed by atoms with van der Waals surface area (Å²) in [5.41, 5.74) is 14.5. The van der Waals surface area contributed by atoms with Gasteiger partial charge in [-0.1, -0.05) is 48.5 Å². The standard InChI is InChI=1S/C53H52N12O5S3/c1-30-7-18-40-43(54)46(73-50(40)58-30)49(68)59-38-16-14-35-26-39(17-15-34(35)25-38)64-27-36-12-13-37(28-64)42(36)48(67)56-20-23-70-22-19-55-47(66)33-10-8-31(9-11-33)41-29-72-53(60-41)65-51(69)45(61-62-52-57-21-24-71-52)44(63-65)32-5-3-2-4-6-32/h2-11,15,17-18,21,24,26,29,36-38,42,63H,12-14,16,19-20,22-23,25,27-28,54H2,1H3,(H,55,66)(H,56,67)(H,59,68)/t36-,37+,38-,42?/m0/s1. The molecule has 4 atom stereocenters. The van der Waals surface area contributed by atoms with Crippen LogP contribution in [0.2, 0.25) is 0 Å². The van der Waals surface area contributed by atoms with E-state index in [0.29, 0.717) is 64.1 Å². The molecular formula is C53H52N12O5S3. The van der Waals surface area contributed by atoms with Crippen molar-refractivity contribution in [1.29, 1.82) is 0 Å². The van der Waals surface area contributed by atoms with Gasteiger partial charge in [0.15, 0.2) is 5.69 Å². The number of nitrogen functional groups attached to an aromatic ring is 1. The van der Waals surface area contributed by atoms with Gasteiger partial charge in [-0.05, 0) is 98.4 Å². The van der Waals surface area contributed by atoms with Gasteiger partial charge in [0.05, 0.1) is 30.3 Å². The molecule has 73 heavy (non-hydrogen) atoms. The van der Waals surface area contributed by atoms with Crippen molar-refractivity contribution in [2.24, 2.45) is 28.0 Å². The molecule has 3 amide bonds. The van der Waals surface area contributed by atoms with E-state index < -0.39 is 5.56 Å². The normalized spacial score (nSPS) is 18.3. The average molecular weight is 1030 g/mol. The molecule has 2 bridgehead atoms. The lowest BCUT2D eigenvalue weighted by atomic mass is 9.83. The molecule has 1 aliphatic heterocycles. The minimum Gasteiger partial charge on any atom is -0.397 e. The van der Waals surface area contributed by atoms with E-state index in [1.165, 1.54) is 55.5 Å². The summed E-state index contributed by atoms with van der Waals surface area (Å²) < 4.78 is 7.15. The Kier molecular flexibility index (Phi) is 13.8. The van der Waals surface area contributed by atoms with Crippen molar-refractivity contribution in [3.8, 4) is 27.6 Å². The number of rotatable bonds is 16. The number of benzene rings is 3. The summed E-state index contributed by atoms with van der Waals surface area (Å²) in [5.74, 6) is 0.286. The average Bonchev–Trinajstić information content (AvgIpc) is 4.27. The lowest BCUT2D eigenvalue weighted by Crippen LogP contribution is -2.48. The maximum atomic E-state index is 13.6. The molecule has 2 fully saturated rings. The number of aromatic nitrogens is 5. The number of aromatic amines is 1. The molecule has 1 saturated heterocycles. The third-order valence-corrected chi connectivity index (χ3v) is 16.6. The van der Waals surface area contributed by atoms with E-state index in [-0.39, 0.29) is 47.2 Å². The van der Waals surface area contributed by atoms with Gasteiger partial charge in [0.1, 0.15) is 9.71 Å². The maximum Gasteiger partial charge on any atom is 0.301 e. The minimum absolute atomic E-state index is 0.0148. The first kappa shape index (κ1) is 47.9. The fraction of sp³-hybridized carbons (Fsp3) is 0.302. The molecule has 3 aliphatic rings. The number of hydrogen-bond acceptors (Lipinski definition) is 15. The topological polar surface area (TPSA) is 227 Å². The van der Waals surface area contributed by atoms with E-state index in [1.54, 1.807) is 23.7 Å². The molecule has 1 unspecified atom stereocenters. The Morgan fingerprint density at radius 3 is 2.44 bits per heavy atom. The number of carbonyl (C=O) groups excluding carboxylic acids is 3. The van der Waals surface area contributed by atoms with Gasteiger partial charge < -0.3 is 31.3 Å². The van der Waals surface area contributed by atoms with E-state index in [0.717, 1.165) is 72.2 Å². The van der Waals surface area contributed by atoms with Gasteiger partial charge in [0.25, 0.3) is 11.8 Å². The molecule has 6 heterocycles. The van der Waals surface area contributed by atoms with Crippen molar-refractivity contribution >= 4 is 84.1 Å². The third-order valence-electron chi connectivity index (χ3n) is 14.0. The van der Waals surface area contributed by atoms with Gasteiger partial charge in [-0.3, -0.25) is 24.3 Å². The predicted octanol–water partition coefficient (Wildman–Crippen LogP) is 8.64. The molecule has 20 heteroatoms. The number of aryl methyl sites for hydroxylation is 2. The van der Waals surface area contributed by atoms with Crippen LogP contribution in [0.1, 0.15) is 56.1 Å². The number of nitrogens with two attached hydrogens (primary N) is 1. The number of nitrogens with zero attached hydrogens (tertiary/aromatic N) is 7. The van der Waals surface area contributed by atoms with Crippen LogP contribution in [0.15, 0.2) is 117 Å². The second-order valence-corrected chi connectivity index (χ2v) is 21.4. The number of fused-ring (bicyclic) bond motifs is 4. The Hall–Kier alpha value is -7.39. The van der Waals surface area contributed by atoms with Crippen LogP contribution in [0.5, 0.6) is 0 Å².